The van der Waals surface area contributed by atoms with Crippen LogP contribution in [0.1, 0.15) is 37.4 Å². The number of carboxylic acid groups (broad SMARTS) is 1. The quantitative estimate of drug-likeness (QED) is 0.148. The highest BCUT2D eigenvalue weighted by Crippen LogP contribution is 2.34. The van der Waals surface area contributed by atoms with Gasteiger partial charge in [0.25, 0.3) is 0 Å². The Labute approximate surface area is 263 Å². The highest BCUT2D eigenvalue weighted by molar-refractivity contribution is 6.35. The van der Waals surface area contributed by atoms with Gasteiger partial charge in [-0.1, -0.05) is 72.3 Å². The molecule has 0 radical (unpaired) electrons. The molecule has 1 amide bonds. The van der Waals surface area contributed by atoms with Crippen LogP contribution in [0.3, 0.4) is 0 Å². The first-order chi connectivity index (χ1) is 21.0. The van der Waals surface area contributed by atoms with Crippen LogP contribution in [0.15, 0.2) is 67.0 Å². The second-order valence-electron chi connectivity index (χ2n) is 10.2. The Balaban J connectivity index is 0.000000285. The smallest absolute Gasteiger partial charge is 0.332 e. The Morgan fingerprint density at radius 1 is 0.932 bits per heavy atom. The molecule has 2 aromatic heterocycles. The van der Waals surface area contributed by atoms with Crippen LogP contribution in [0.4, 0.5) is 0 Å². The van der Waals surface area contributed by atoms with Crippen LogP contribution in [0.5, 0.6) is 0 Å². The molecule has 0 aliphatic heterocycles. The number of aliphatic hydroxyl groups excluding tert-OH is 2. The maximum Gasteiger partial charge on any atom is 0.332 e. The van der Waals surface area contributed by atoms with Crippen LogP contribution in [0.25, 0.3) is 11.2 Å². The molecular formula is C30H33Cl2N5O7. The Morgan fingerprint density at radius 2 is 1.50 bits per heavy atom. The summed E-state index contributed by atoms with van der Waals surface area (Å²) in [5.74, 6) is -1.31. The number of carbonyl (C=O) groups is 2. The number of carbonyl (C=O) groups excluding carboxylic acids is 1. The number of aromatic nitrogens is 4. The van der Waals surface area contributed by atoms with Crippen molar-refractivity contribution < 1.29 is 34.4 Å². The van der Waals surface area contributed by atoms with Crippen molar-refractivity contribution in [3.63, 3.8) is 0 Å². The number of nitrogens with zero attached hydrogens (tertiary/aromatic N) is 4. The lowest BCUT2D eigenvalue weighted by Gasteiger charge is -2.20. The van der Waals surface area contributed by atoms with Gasteiger partial charge in [-0.2, -0.15) is 4.98 Å². The van der Waals surface area contributed by atoms with Gasteiger partial charge in [0, 0.05) is 0 Å². The van der Waals surface area contributed by atoms with E-state index in [4.69, 9.17) is 37.8 Å². The van der Waals surface area contributed by atoms with E-state index >= 15 is 0 Å². The average molecular weight is 647 g/mol. The van der Waals surface area contributed by atoms with Crippen LogP contribution in [-0.4, -0.2) is 77.2 Å². The molecule has 4 aromatic rings. The highest BCUT2D eigenvalue weighted by atomic mass is 35.5. The van der Waals surface area contributed by atoms with E-state index in [1.807, 2.05) is 60.7 Å². The summed E-state index contributed by atoms with van der Waals surface area (Å²) in [4.78, 5) is 35.1. The van der Waals surface area contributed by atoms with Crippen molar-refractivity contribution in [2.45, 2.75) is 70.0 Å². The van der Waals surface area contributed by atoms with Crippen LogP contribution in [0, 0.1) is 0 Å². The molecule has 6 atom stereocenters. The summed E-state index contributed by atoms with van der Waals surface area (Å²) >= 11 is 12.0. The van der Waals surface area contributed by atoms with E-state index in [0.717, 1.165) is 11.1 Å². The number of nitrogens with one attached hydrogen (secondary N) is 1. The van der Waals surface area contributed by atoms with Crippen molar-refractivity contribution in [2.75, 3.05) is 0 Å². The molecule has 1 fully saturated rings. The fourth-order valence-electron chi connectivity index (χ4n) is 4.56. The standard InChI is InChI=1S/C20H21Cl2N5O4.C10H12O3/c1-10(31-8-11-5-3-2-4-6-11)19(30)24-12-7-13(16(29)15(12)28)27-9-23-14-17(21)25-20(22)26-18(14)27;1-8(10(11)12)13-7-9-5-3-2-4-6-9/h2-6,9-10,12-13,15-16,28-29H,7-8H2,1H3,(H,24,30);2-6,8H,7H2,1H3,(H,11,12)/t10-,12+,13-,15-,16+;8-/m11/s1. The van der Waals surface area contributed by atoms with Gasteiger partial charge < -0.3 is 34.7 Å². The minimum absolute atomic E-state index is 0.0541. The molecule has 2 heterocycles. The highest BCUT2D eigenvalue weighted by Gasteiger charge is 2.44. The molecular weight excluding hydrogens is 613 g/mol. The molecule has 1 aliphatic rings. The number of ether oxygens (including phenoxy) is 2. The maximum atomic E-state index is 12.6. The molecule has 5 rings (SSSR count). The predicted molar refractivity (Wildman–Crippen MR) is 162 cm³/mol. The van der Waals surface area contributed by atoms with E-state index in [2.05, 4.69) is 20.3 Å². The number of aliphatic carboxylic acids is 1. The normalized spacial score (nSPS) is 20.9. The average Bonchev–Trinajstić information content (AvgIpc) is 3.56. The first-order valence-electron chi connectivity index (χ1n) is 13.8. The number of benzene rings is 2. The molecule has 12 nitrogen and oxygen atoms in total. The fraction of sp³-hybridized carbons (Fsp3) is 0.367. The molecule has 14 heteroatoms. The third-order valence-electron chi connectivity index (χ3n) is 7.09. The molecule has 2 aromatic carbocycles. The number of hydrogen-bond acceptors (Lipinski definition) is 9. The zero-order valence-electron chi connectivity index (χ0n) is 24.0. The number of imidazole rings is 1. The molecule has 4 N–H and O–H groups in total. The minimum atomic E-state index is -1.18. The summed E-state index contributed by atoms with van der Waals surface area (Å²) in [6, 6.07) is 17.7. The molecule has 1 saturated carbocycles. The number of halogens is 2. The molecule has 234 valence electrons. The van der Waals surface area contributed by atoms with E-state index in [0.29, 0.717) is 17.8 Å². The molecule has 0 spiro atoms. The van der Waals surface area contributed by atoms with Crippen molar-refractivity contribution in [3.8, 4) is 0 Å². The third kappa shape index (κ3) is 8.50. The van der Waals surface area contributed by atoms with Crippen molar-refractivity contribution in [1.82, 2.24) is 24.8 Å². The lowest BCUT2D eigenvalue weighted by atomic mass is 10.2. The second-order valence-corrected chi connectivity index (χ2v) is 10.9. The Bertz CT molecular complexity index is 1540. The van der Waals surface area contributed by atoms with Gasteiger partial charge in [0.15, 0.2) is 16.9 Å². The van der Waals surface area contributed by atoms with Gasteiger partial charge in [-0.25, -0.2) is 14.8 Å². The van der Waals surface area contributed by atoms with E-state index in [1.165, 1.54) is 13.3 Å². The zero-order chi connectivity index (χ0) is 31.8. The molecule has 0 unspecified atom stereocenters. The van der Waals surface area contributed by atoms with E-state index in [1.54, 1.807) is 11.5 Å². The van der Waals surface area contributed by atoms with Crippen LogP contribution < -0.4 is 5.32 Å². The maximum absolute atomic E-state index is 12.6. The predicted octanol–water partition coefficient (Wildman–Crippen LogP) is 3.57. The lowest BCUT2D eigenvalue weighted by Crippen LogP contribution is -2.46. The molecule has 1 aliphatic carbocycles. The summed E-state index contributed by atoms with van der Waals surface area (Å²) in [7, 11) is 0. The number of hydrogen-bond donors (Lipinski definition) is 4. The number of aliphatic hydroxyl groups is 2. The SMILES string of the molecule is C[C@@H](OCc1ccccc1)C(=O)N[C@H]1C[C@@H](n2cnc3c(Cl)nc(Cl)nc32)[C@H](O)[C@@H]1O.C[C@@H](OCc1ccccc1)C(=O)O. The second kappa shape index (κ2) is 15.4. The Morgan fingerprint density at radius 3 is 2.07 bits per heavy atom. The minimum Gasteiger partial charge on any atom is -0.479 e. The van der Waals surface area contributed by atoms with Gasteiger partial charge in [0.1, 0.15) is 23.8 Å². The first-order valence-corrected chi connectivity index (χ1v) is 14.6. The summed E-state index contributed by atoms with van der Waals surface area (Å²) in [5, 5.41) is 32.5. The number of rotatable bonds is 10. The van der Waals surface area contributed by atoms with Crippen molar-refractivity contribution in [1.29, 1.82) is 0 Å². The van der Waals surface area contributed by atoms with Gasteiger partial charge in [0.2, 0.25) is 11.2 Å². The van der Waals surface area contributed by atoms with Crippen molar-refractivity contribution in [3.05, 3.63) is 88.6 Å². The molecule has 0 bridgehead atoms. The Hall–Kier alpha value is -3.65. The first kappa shape index (κ1) is 33.2. The van der Waals surface area contributed by atoms with Gasteiger partial charge in [-0.05, 0) is 43.0 Å². The summed E-state index contributed by atoms with van der Waals surface area (Å²) in [6.07, 6.45) is -2.11. The number of amides is 1. The van der Waals surface area contributed by atoms with Crippen LogP contribution >= 0.6 is 23.2 Å². The molecule has 44 heavy (non-hydrogen) atoms. The van der Waals surface area contributed by atoms with Crippen LogP contribution in [0.2, 0.25) is 10.4 Å². The third-order valence-corrected chi connectivity index (χ3v) is 7.52. The topological polar surface area (TPSA) is 169 Å². The zero-order valence-corrected chi connectivity index (χ0v) is 25.5. The summed E-state index contributed by atoms with van der Waals surface area (Å²) in [6.45, 7) is 3.79. The van der Waals surface area contributed by atoms with Crippen LogP contribution in [-0.2, 0) is 32.3 Å². The monoisotopic (exact) mass is 645 g/mol. The Kier molecular flexibility index (Phi) is 11.6. The number of carboxylic acids is 1. The summed E-state index contributed by atoms with van der Waals surface area (Å²) in [5.41, 5.74) is 2.61. The van der Waals surface area contributed by atoms with E-state index < -0.39 is 42.5 Å². The summed E-state index contributed by atoms with van der Waals surface area (Å²) < 4.78 is 12.3. The van der Waals surface area contributed by atoms with Crippen molar-refractivity contribution in [2.24, 2.45) is 0 Å². The van der Waals surface area contributed by atoms with Gasteiger partial charge in [-0.15, -0.1) is 0 Å². The van der Waals surface area contributed by atoms with Gasteiger partial charge >= 0.3 is 5.97 Å². The van der Waals surface area contributed by atoms with E-state index in [-0.39, 0.29) is 29.4 Å². The molecule has 0 saturated heterocycles. The lowest BCUT2D eigenvalue weighted by molar-refractivity contribution is -0.149. The fourth-order valence-corrected chi connectivity index (χ4v) is 4.99. The van der Waals surface area contributed by atoms with Crippen molar-refractivity contribution >= 4 is 46.2 Å². The number of fused-ring (bicyclic) bond motifs is 1. The largest absolute Gasteiger partial charge is 0.479 e. The van der Waals surface area contributed by atoms with Gasteiger partial charge in [0.05, 0.1) is 31.6 Å². The van der Waals surface area contributed by atoms with E-state index in [9.17, 15) is 19.8 Å². The van der Waals surface area contributed by atoms with Gasteiger partial charge in [-0.3, -0.25) is 4.79 Å².